The lowest BCUT2D eigenvalue weighted by Crippen LogP contribution is -2.33. The van der Waals surface area contributed by atoms with E-state index >= 15 is 0 Å². The zero-order valence-corrected chi connectivity index (χ0v) is 24.5. The van der Waals surface area contributed by atoms with Gasteiger partial charge in [0.2, 0.25) is 27.7 Å². The number of hydrogen-bond donors (Lipinski definition) is 1. The molecular weight excluding hydrogens is 554 g/mol. The van der Waals surface area contributed by atoms with Crippen LogP contribution in [0.3, 0.4) is 0 Å². The zero-order valence-electron chi connectivity index (χ0n) is 23.6. The molecule has 4 rings (SSSR count). The summed E-state index contributed by atoms with van der Waals surface area (Å²) in [6.45, 7) is 3.23. The van der Waals surface area contributed by atoms with Gasteiger partial charge < -0.3 is 23.7 Å². The first-order chi connectivity index (χ1) is 19.7. The molecule has 0 aliphatic carbocycles. The van der Waals surface area contributed by atoms with Crippen LogP contribution in [0.1, 0.15) is 24.4 Å². The molecule has 1 N–H and O–H groups in total. The molecule has 15 heteroatoms. The van der Waals surface area contributed by atoms with Crippen LogP contribution in [0.2, 0.25) is 0 Å². The molecule has 4 aromatic rings. The van der Waals surface area contributed by atoms with Crippen molar-refractivity contribution >= 4 is 16.0 Å². The minimum absolute atomic E-state index is 0.143. The maximum absolute atomic E-state index is 13.8. The molecule has 218 valence electrons. The molecule has 0 spiro atoms. The molecule has 0 unspecified atom stereocenters. The predicted molar refractivity (Wildman–Crippen MR) is 149 cm³/mol. The number of aromatic nitrogens is 6. The lowest BCUT2D eigenvalue weighted by atomic mass is 10.2. The summed E-state index contributed by atoms with van der Waals surface area (Å²) in [6.07, 6.45) is 0.474. The summed E-state index contributed by atoms with van der Waals surface area (Å²) in [5.74, 6) is 1.29. The van der Waals surface area contributed by atoms with Gasteiger partial charge in [-0.05, 0) is 32.0 Å². The lowest BCUT2D eigenvalue weighted by molar-refractivity contribution is 0.0955. The number of sulfonamides is 1. The summed E-state index contributed by atoms with van der Waals surface area (Å²) in [5, 5.41) is 7.28. The van der Waals surface area contributed by atoms with E-state index in [1.165, 1.54) is 53.2 Å². The molecular formula is C26H31N7O7S. The lowest BCUT2D eigenvalue weighted by Gasteiger charge is -2.24. The van der Waals surface area contributed by atoms with Crippen LogP contribution in [-0.2, 0) is 14.8 Å². The number of hydrogen-bond acceptors (Lipinski definition) is 12. The van der Waals surface area contributed by atoms with E-state index in [2.05, 4.69) is 29.9 Å². The van der Waals surface area contributed by atoms with E-state index < -0.39 is 21.4 Å². The second-order valence-electron chi connectivity index (χ2n) is 8.67. The van der Waals surface area contributed by atoms with Gasteiger partial charge in [-0.25, -0.2) is 18.4 Å². The van der Waals surface area contributed by atoms with Crippen molar-refractivity contribution in [3.8, 4) is 40.5 Å². The second-order valence-corrected chi connectivity index (χ2v) is 10.7. The first kappa shape index (κ1) is 29.5. The van der Waals surface area contributed by atoms with Crippen molar-refractivity contribution in [1.29, 1.82) is 0 Å². The maximum Gasteiger partial charge on any atom is 0.243 e. The van der Waals surface area contributed by atoms with Crippen LogP contribution >= 0.6 is 0 Å². The fraction of sp³-hybridized carbons (Fsp3) is 0.346. The molecule has 0 aliphatic heterocycles. The van der Waals surface area contributed by atoms with Crippen molar-refractivity contribution in [3.63, 3.8) is 0 Å². The number of aryl methyl sites for hydroxylation is 1. The average molecular weight is 586 g/mol. The normalized spacial score (nSPS) is 12.9. The average Bonchev–Trinajstić information content (AvgIpc) is 3.39. The van der Waals surface area contributed by atoms with Gasteiger partial charge in [0.05, 0.1) is 34.1 Å². The third kappa shape index (κ3) is 5.85. The summed E-state index contributed by atoms with van der Waals surface area (Å²) in [6, 6.07) is 10.2. The molecule has 41 heavy (non-hydrogen) atoms. The van der Waals surface area contributed by atoms with Gasteiger partial charge in [-0.1, -0.05) is 12.1 Å². The third-order valence-electron chi connectivity index (χ3n) is 6.20. The Morgan fingerprint density at radius 1 is 0.878 bits per heavy atom. The summed E-state index contributed by atoms with van der Waals surface area (Å²) in [7, 11) is 3.05. The number of pyridine rings is 1. The summed E-state index contributed by atoms with van der Waals surface area (Å²) in [5.41, 5.74) is 1.54. The summed E-state index contributed by atoms with van der Waals surface area (Å²) < 4.78 is 59.1. The number of ether oxygens (including phenoxy) is 5. The third-order valence-corrected chi connectivity index (χ3v) is 7.90. The Hall–Kier alpha value is -4.50. The molecule has 0 saturated carbocycles. The molecule has 3 heterocycles. The minimum Gasteiger partial charge on any atom is -0.494 e. The Morgan fingerprint density at radius 2 is 1.56 bits per heavy atom. The van der Waals surface area contributed by atoms with E-state index in [1.807, 2.05) is 0 Å². The van der Waals surface area contributed by atoms with Crippen molar-refractivity contribution < 1.29 is 32.1 Å². The number of benzene rings is 1. The van der Waals surface area contributed by atoms with Gasteiger partial charge in [0, 0.05) is 19.4 Å². The molecule has 3 aromatic heterocycles. The van der Waals surface area contributed by atoms with Crippen molar-refractivity contribution in [2.75, 3.05) is 40.3 Å². The van der Waals surface area contributed by atoms with Crippen molar-refractivity contribution in [1.82, 2.24) is 29.7 Å². The molecule has 0 amide bonds. The van der Waals surface area contributed by atoms with Crippen LogP contribution in [-0.4, -0.2) is 78.9 Å². The van der Waals surface area contributed by atoms with Crippen LogP contribution in [0.4, 0.5) is 5.95 Å². The minimum atomic E-state index is -4.21. The van der Waals surface area contributed by atoms with Gasteiger partial charge in [0.25, 0.3) is 0 Å². The zero-order chi connectivity index (χ0) is 29.7. The molecule has 0 aliphatic rings. The maximum atomic E-state index is 13.8. The number of rotatable bonds is 12. The topological polar surface area (TPSA) is 162 Å². The highest BCUT2D eigenvalue weighted by molar-refractivity contribution is 7.93. The highest BCUT2D eigenvalue weighted by Crippen LogP contribution is 2.38. The Kier molecular flexibility index (Phi) is 8.88. The first-order valence-corrected chi connectivity index (χ1v) is 13.8. The number of para-hydroxylation sites is 1. The fourth-order valence-corrected chi connectivity index (χ4v) is 5.29. The first-order valence-electron chi connectivity index (χ1n) is 12.3. The molecule has 14 nitrogen and oxygen atoms in total. The van der Waals surface area contributed by atoms with Gasteiger partial charge in [0.15, 0.2) is 5.82 Å². The monoisotopic (exact) mass is 585 g/mol. The number of methoxy groups -OCH3 is 5. The molecule has 0 saturated heterocycles. The molecule has 0 fully saturated rings. The SMILES string of the molecule is COc1cccc(-c2nnc(NS(=O)(=O)[C@@H](C)[C@H](OC)c3ncc(C)nc3OC)n2-c2c(OC)cccc2OC)n1. The molecule has 2 atom stereocenters. The number of nitrogens with zero attached hydrogens (tertiary/aromatic N) is 6. The van der Waals surface area contributed by atoms with Gasteiger partial charge in [-0.3, -0.25) is 14.3 Å². The number of anilines is 1. The van der Waals surface area contributed by atoms with Gasteiger partial charge in [-0.2, -0.15) is 0 Å². The Labute approximate surface area is 237 Å². The van der Waals surface area contributed by atoms with E-state index in [1.54, 1.807) is 43.3 Å². The van der Waals surface area contributed by atoms with Crippen LogP contribution in [0.25, 0.3) is 17.2 Å². The Bertz CT molecular complexity index is 1610. The number of nitrogens with one attached hydrogen (secondary N) is 1. The van der Waals surface area contributed by atoms with Crippen LogP contribution in [0.15, 0.2) is 42.6 Å². The fourth-order valence-electron chi connectivity index (χ4n) is 4.15. The van der Waals surface area contributed by atoms with Crippen molar-refractivity contribution in [3.05, 3.63) is 54.0 Å². The van der Waals surface area contributed by atoms with Gasteiger partial charge in [-0.15, -0.1) is 10.2 Å². The molecule has 0 radical (unpaired) electrons. The van der Waals surface area contributed by atoms with Crippen molar-refractivity contribution in [2.45, 2.75) is 25.2 Å². The van der Waals surface area contributed by atoms with E-state index in [0.29, 0.717) is 34.5 Å². The van der Waals surface area contributed by atoms with Crippen molar-refractivity contribution in [2.24, 2.45) is 0 Å². The Balaban J connectivity index is 1.86. The van der Waals surface area contributed by atoms with E-state index in [9.17, 15) is 8.42 Å². The van der Waals surface area contributed by atoms with Crippen LogP contribution < -0.4 is 23.7 Å². The van der Waals surface area contributed by atoms with E-state index in [0.717, 1.165) is 0 Å². The van der Waals surface area contributed by atoms with Crippen LogP contribution in [0.5, 0.6) is 23.3 Å². The molecule has 1 aromatic carbocycles. The summed E-state index contributed by atoms with van der Waals surface area (Å²) >= 11 is 0. The smallest absolute Gasteiger partial charge is 0.243 e. The molecule has 0 bridgehead atoms. The Morgan fingerprint density at radius 3 is 2.17 bits per heavy atom. The highest BCUT2D eigenvalue weighted by atomic mass is 32.2. The van der Waals surface area contributed by atoms with Crippen LogP contribution in [0, 0.1) is 6.92 Å². The van der Waals surface area contributed by atoms with Gasteiger partial charge in [0.1, 0.15) is 39.9 Å². The predicted octanol–water partition coefficient (Wildman–Crippen LogP) is 2.98. The summed E-state index contributed by atoms with van der Waals surface area (Å²) in [4.78, 5) is 13.1. The van der Waals surface area contributed by atoms with E-state index in [4.69, 9.17) is 23.7 Å². The largest absolute Gasteiger partial charge is 0.494 e. The van der Waals surface area contributed by atoms with E-state index in [-0.39, 0.29) is 23.3 Å². The highest BCUT2D eigenvalue weighted by Gasteiger charge is 2.36. The van der Waals surface area contributed by atoms with Gasteiger partial charge >= 0.3 is 0 Å². The quantitative estimate of drug-likeness (QED) is 0.259. The standard InChI is InChI=1S/C26H31N7O7S/c1-15-14-27-21(25(28-15)40-7)23(39-6)16(2)41(34,35)32-26-31-30-24(17-10-8-13-20(29-17)38-5)33(26)22-18(36-3)11-9-12-19(22)37-4/h8-14,16,23H,1-7H3,(H,31,32)/t16-,23-/m0/s1. The second kappa shape index (κ2) is 12.3.